The summed E-state index contributed by atoms with van der Waals surface area (Å²) in [5.41, 5.74) is 3.57. The number of thioether (sulfide) groups is 1. The minimum absolute atomic E-state index is 0.107. The highest BCUT2D eigenvalue weighted by molar-refractivity contribution is 7.98. The Morgan fingerprint density at radius 3 is 2.39 bits per heavy atom. The SMILES string of the molecule is CC(C)(C)c1ccc(CSc2nc3ccccc3c(=O)n2-c2cc(Cl)ccc2Cl)cc1. The van der Waals surface area contributed by atoms with Gasteiger partial charge in [-0.05, 0) is 46.9 Å². The van der Waals surface area contributed by atoms with Crippen LogP contribution < -0.4 is 5.56 Å². The third-order valence-corrected chi connectivity index (χ3v) is 6.65. The van der Waals surface area contributed by atoms with Crippen LogP contribution in [0.2, 0.25) is 10.0 Å². The number of halogens is 2. The zero-order valence-electron chi connectivity index (χ0n) is 17.5. The smallest absolute Gasteiger partial charge is 0.266 e. The van der Waals surface area contributed by atoms with Crippen LogP contribution >= 0.6 is 35.0 Å². The van der Waals surface area contributed by atoms with Gasteiger partial charge < -0.3 is 0 Å². The maximum absolute atomic E-state index is 13.4. The maximum atomic E-state index is 13.4. The van der Waals surface area contributed by atoms with Gasteiger partial charge in [-0.3, -0.25) is 9.36 Å². The molecule has 3 aromatic carbocycles. The number of rotatable bonds is 4. The first kappa shape index (κ1) is 21.9. The van der Waals surface area contributed by atoms with E-state index in [1.165, 1.54) is 17.3 Å². The number of para-hydroxylation sites is 1. The van der Waals surface area contributed by atoms with Gasteiger partial charge in [-0.2, -0.15) is 0 Å². The average Bonchev–Trinajstić information content (AvgIpc) is 2.74. The molecule has 0 fully saturated rings. The zero-order valence-corrected chi connectivity index (χ0v) is 19.9. The van der Waals surface area contributed by atoms with E-state index in [-0.39, 0.29) is 11.0 Å². The van der Waals surface area contributed by atoms with Crippen molar-refractivity contribution in [1.29, 1.82) is 0 Å². The van der Waals surface area contributed by atoms with Crippen molar-refractivity contribution in [1.82, 2.24) is 9.55 Å². The number of aromatic nitrogens is 2. The molecule has 0 spiro atoms. The molecule has 0 atom stereocenters. The van der Waals surface area contributed by atoms with Crippen molar-refractivity contribution in [3.05, 3.63) is 98.3 Å². The van der Waals surface area contributed by atoms with Crippen molar-refractivity contribution in [2.75, 3.05) is 0 Å². The molecule has 1 aromatic heterocycles. The Bertz CT molecular complexity index is 1310. The monoisotopic (exact) mass is 468 g/mol. The van der Waals surface area contributed by atoms with Gasteiger partial charge in [0.25, 0.3) is 5.56 Å². The lowest BCUT2D eigenvalue weighted by atomic mass is 9.87. The molecule has 0 radical (unpaired) electrons. The number of benzene rings is 3. The molecule has 0 saturated heterocycles. The first-order valence-electron chi connectivity index (χ1n) is 9.93. The van der Waals surface area contributed by atoms with E-state index in [1.54, 1.807) is 28.8 Å². The molecule has 158 valence electrons. The molecule has 0 unspecified atom stereocenters. The predicted molar refractivity (Wildman–Crippen MR) is 132 cm³/mol. The van der Waals surface area contributed by atoms with Gasteiger partial charge in [0.1, 0.15) is 0 Å². The fourth-order valence-corrected chi connectivity index (χ4v) is 4.66. The molecule has 0 amide bonds. The van der Waals surface area contributed by atoms with Crippen LogP contribution in [0.5, 0.6) is 0 Å². The van der Waals surface area contributed by atoms with Crippen LogP contribution in [0.3, 0.4) is 0 Å². The molecule has 0 aliphatic carbocycles. The van der Waals surface area contributed by atoms with Gasteiger partial charge in [0.15, 0.2) is 5.16 Å². The van der Waals surface area contributed by atoms with E-state index in [9.17, 15) is 4.79 Å². The fourth-order valence-electron chi connectivity index (χ4n) is 3.33. The van der Waals surface area contributed by atoms with E-state index >= 15 is 0 Å². The summed E-state index contributed by atoms with van der Waals surface area (Å²) < 4.78 is 1.56. The summed E-state index contributed by atoms with van der Waals surface area (Å²) >= 11 is 14.2. The van der Waals surface area contributed by atoms with Gasteiger partial charge >= 0.3 is 0 Å². The maximum Gasteiger partial charge on any atom is 0.266 e. The van der Waals surface area contributed by atoms with Crippen LogP contribution in [-0.2, 0) is 11.2 Å². The Labute approximate surface area is 196 Å². The Kier molecular flexibility index (Phi) is 6.16. The molecule has 1 heterocycles. The van der Waals surface area contributed by atoms with Crippen molar-refractivity contribution < 1.29 is 0 Å². The minimum atomic E-state index is -0.166. The summed E-state index contributed by atoms with van der Waals surface area (Å²) in [6, 6.07) is 21.0. The molecule has 0 bridgehead atoms. The second-order valence-electron chi connectivity index (χ2n) is 8.38. The lowest BCUT2D eigenvalue weighted by Gasteiger charge is -2.19. The molecular formula is C25H22Cl2N2OS. The van der Waals surface area contributed by atoms with Crippen LogP contribution in [0, 0.1) is 0 Å². The number of fused-ring (bicyclic) bond motifs is 1. The van der Waals surface area contributed by atoms with Crippen molar-refractivity contribution in [2.24, 2.45) is 0 Å². The second-order valence-corrected chi connectivity index (χ2v) is 10.2. The van der Waals surface area contributed by atoms with E-state index in [4.69, 9.17) is 28.2 Å². The average molecular weight is 469 g/mol. The molecule has 0 N–H and O–H groups in total. The third-order valence-electron chi connectivity index (χ3n) is 5.08. The van der Waals surface area contributed by atoms with Gasteiger partial charge in [0.05, 0.1) is 21.6 Å². The molecule has 0 aliphatic heterocycles. The van der Waals surface area contributed by atoms with Gasteiger partial charge in [-0.1, -0.05) is 92.1 Å². The largest absolute Gasteiger partial charge is 0.268 e. The standard InChI is InChI=1S/C25H22Cl2N2OS/c1-25(2,3)17-10-8-16(9-11-17)15-31-24-28-21-7-5-4-6-19(21)23(30)29(24)22-14-18(26)12-13-20(22)27/h4-14H,15H2,1-3H3. The number of hydrogen-bond acceptors (Lipinski definition) is 3. The number of nitrogens with zero attached hydrogens (tertiary/aromatic N) is 2. The molecule has 6 heteroatoms. The van der Waals surface area contributed by atoms with E-state index in [2.05, 4.69) is 45.0 Å². The summed E-state index contributed by atoms with van der Waals surface area (Å²) in [6.45, 7) is 6.59. The Morgan fingerprint density at radius 2 is 1.68 bits per heavy atom. The highest BCUT2D eigenvalue weighted by Crippen LogP contribution is 2.30. The van der Waals surface area contributed by atoms with Crippen LogP contribution in [0.1, 0.15) is 31.9 Å². The van der Waals surface area contributed by atoms with Gasteiger partial charge in [0.2, 0.25) is 0 Å². The molecule has 0 aliphatic rings. The van der Waals surface area contributed by atoms with Gasteiger partial charge in [-0.15, -0.1) is 0 Å². The van der Waals surface area contributed by atoms with Gasteiger partial charge in [0, 0.05) is 10.8 Å². The normalized spacial score (nSPS) is 11.8. The molecule has 31 heavy (non-hydrogen) atoms. The van der Waals surface area contributed by atoms with E-state index in [0.29, 0.717) is 37.5 Å². The Morgan fingerprint density at radius 1 is 0.968 bits per heavy atom. The van der Waals surface area contributed by atoms with E-state index in [1.807, 2.05) is 18.2 Å². The topological polar surface area (TPSA) is 34.9 Å². The molecular weight excluding hydrogens is 447 g/mol. The van der Waals surface area contributed by atoms with E-state index in [0.717, 1.165) is 5.56 Å². The third kappa shape index (κ3) is 4.67. The minimum Gasteiger partial charge on any atom is -0.268 e. The summed E-state index contributed by atoms with van der Waals surface area (Å²) in [4.78, 5) is 18.2. The van der Waals surface area contributed by atoms with Crippen LogP contribution in [0.25, 0.3) is 16.6 Å². The Balaban J connectivity index is 1.78. The predicted octanol–water partition coefficient (Wildman–Crippen LogP) is 7.28. The summed E-state index contributed by atoms with van der Waals surface area (Å²) in [7, 11) is 0. The van der Waals surface area contributed by atoms with Crippen LogP contribution in [-0.4, -0.2) is 9.55 Å². The molecule has 3 nitrogen and oxygen atoms in total. The Hall–Kier alpha value is -2.27. The highest BCUT2D eigenvalue weighted by Gasteiger charge is 2.17. The molecule has 0 saturated carbocycles. The van der Waals surface area contributed by atoms with Crippen LogP contribution in [0.4, 0.5) is 0 Å². The summed E-state index contributed by atoms with van der Waals surface area (Å²) in [5, 5.41) is 2.07. The number of hydrogen-bond donors (Lipinski definition) is 0. The summed E-state index contributed by atoms with van der Waals surface area (Å²) in [6.07, 6.45) is 0. The lowest BCUT2D eigenvalue weighted by Crippen LogP contribution is -2.22. The van der Waals surface area contributed by atoms with Gasteiger partial charge in [-0.25, -0.2) is 4.98 Å². The van der Waals surface area contributed by atoms with Crippen molar-refractivity contribution in [3.8, 4) is 5.69 Å². The second kappa shape index (κ2) is 8.70. The fraction of sp³-hybridized carbons (Fsp3) is 0.200. The van der Waals surface area contributed by atoms with Crippen LogP contribution in [0.15, 0.2) is 76.7 Å². The quantitative estimate of drug-likeness (QED) is 0.233. The first-order chi connectivity index (χ1) is 14.7. The first-order valence-corrected chi connectivity index (χ1v) is 11.7. The van der Waals surface area contributed by atoms with E-state index < -0.39 is 0 Å². The molecule has 4 aromatic rings. The lowest BCUT2D eigenvalue weighted by molar-refractivity contribution is 0.590. The molecule has 4 rings (SSSR count). The zero-order chi connectivity index (χ0) is 22.2. The van der Waals surface area contributed by atoms with Crippen molar-refractivity contribution in [3.63, 3.8) is 0 Å². The summed E-state index contributed by atoms with van der Waals surface area (Å²) in [5.74, 6) is 0.674. The van der Waals surface area contributed by atoms with Crippen molar-refractivity contribution in [2.45, 2.75) is 37.1 Å². The van der Waals surface area contributed by atoms with Crippen molar-refractivity contribution >= 4 is 45.9 Å². The highest BCUT2D eigenvalue weighted by atomic mass is 35.5.